The molecule has 0 atom stereocenters. The molecule has 1 aromatic carbocycles. The minimum atomic E-state index is -0.405. The molecular weight excluding hydrogens is 332 g/mol. The third-order valence-electron chi connectivity index (χ3n) is 4.71. The van der Waals surface area contributed by atoms with Crippen LogP contribution in [0.1, 0.15) is 23.2 Å². The Labute approximate surface area is 152 Å². The molecule has 0 saturated carbocycles. The van der Waals surface area contributed by atoms with E-state index in [2.05, 4.69) is 10.00 Å². The van der Waals surface area contributed by atoms with E-state index in [0.29, 0.717) is 11.5 Å². The molecule has 138 valence electrons. The minimum absolute atomic E-state index is 0.0991. The van der Waals surface area contributed by atoms with E-state index in [4.69, 9.17) is 10.5 Å². The van der Waals surface area contributed by atoms with Crippen LogP contribution in [0.2, 0.25) is 0 Å². The van der Waals surface area contributed by atoms with Crippen molar-refractivity contribution in [1.82, 2.24) is 9.78 Å². The number of hydrogen-bond acceptors (Lipinski definition) is 6. The summed E-state index contributed by atoms with van der Waals surface area (Å²) in [5, 5.41) is 4.21. The second-order valence-electron chi connectivity index (χ2n) is 6.44. The number of carbonyl (C=O) groups excluding carboxylic acids is 1. The Morgan fingerprint density at radius 2 is 1.96 bits per heavy atom. The van der Waals surface area contributed by atoms with Crippen LogP contribution in [-0.4, -0.2) is 42.0 Å². The molecule has 0 bridgehead atoms. The predicted octanol–water partition coefficient (Wildman–Crippen LogP) is 1.28. The summed E-state index contributed by atoms with van der Waals surface area (Å²) in [5.41, 5.74) is 6.85. The summed E-state index contributed by atoms with van der Waals surface area (Å²) in [6.45, 7) is 2.83. The molecule has 1 aromatic heterocycles. The van der Waals surface area contributed by atoms with Crippen molar-refractivity contribution in [2.75, 3.05) is 31.1 Å². The molecule has 7 heteroatoms. The van der Waals surface area contributed by atoms with Crippen LogP contribution >= 0.6 is 0 Å². The topological polar surface area (TPSA) is 90.4 Å². The molecule has 1 aliphatic heterocycles. The predicted molar refractivity (Wildman–Crippen MR) is 99.2 cm³/mol. The normalized spacial score (nSPS) is 15.0. The molecule has 2 N–H and O–H groups in total. The van der Waals surface area contributed by atoms with Crippen LogP contribution in [0.4, 0.5) is 5.69 Å². The van der Waals surface area contributed by atoms with Gasteiger partial charge in [0.15, 0.2) is 0 Å². The number of benzene rings is 1. The van der Waals surface area contributed by atoms with Crippen molar-refractivity contribution in [1.29, 1.82) is 0 Å². The average molecular weight is 356 g/mol. The first-order valence-electron chi connectivity index (χ1n) is 8.91. The van der Waals surface area contributed by atoms with Gasteiger partial charge in [-0.15, -0.1) is 0 Å². The zero-order valence-electron chi connectivity index (χ0n) is 14.7. The monoisotopic (exact) mass is 356 g/mol. The van der Waals surface area contributed by atoms with Crippen molar-refractivity contribution >= 4 is 11.7 Å². The van der Waals surface area contributed by atoms with Crippen LogP contribution in [0.25, 0.3) is 0 Å². The van der Waals surface area contributed by atoms with Gasteiger partial charge in [0, 0.05) is 19.2 Å². The molecule has 3 rings (SSSR count). The maximum Gasteiger partial charge on any atom is 0.338 e. The number of carbonyl (C=O) groups is 1. The number of nitrogens with two attached hydrogens (primary N) is 1. The van der Waals surface area contributed by atoms with Gasteiger partial charge in [0.2, 0.25) is 0 Å². The second kappa shape index (κ2) is 8.62. The van der Waals surface area contributed by atoms with Gasteiger partial charge in [0.25, 0.3) is 5.56 Å². The molecule has 0 amide bonds. The highest BCUT2D eigenvalue weighted by molar-refractivity contribution is 5.89. The lowest BCUT2D eigenvalue weighted by molar-refractivity contribution is 0.0486. The molecule has 1 saturated heterocycles. The van der Waals surface area contributed by atoms with E-state index in [1.165, 1.54) is 4.68 Å². The molecule has 0 aliphatic carbocycles. The number of rotatable bonds is 6. The van der Waals surface area contributed by atoms with Gasteiger partial charge in [-0.25, -0.2) is 9.48 Å². The maximum absolute atomic E-state index is 12.3. The number of piperidine rings is 1. The fourth-order valence-electron chi connectivity index (χ4n) is 3.07. The molecular formula is C19H24N4O3. The smallest absolute Gasteiger partial charge is 0.338 e. The third-order valence-corrected chi connectivity index (χ3v) is 4.71. The van der Waals surface area contributed by atoms with Crippen molar-refractivity contribution in [2.24, 2.45) is 11.7 Å². The quantitative estimate of drug-likeness (QED) is 0.784. The summed E-state index contributed by atoms with van der Waals surface area (Å²) in [6.07, 6.45) is 3.77. The molecule has 0 spiro atoms. The van der Waals surface area contributed by atoms with Gasteiger partial charge in [0.1, 0.15) is 6.61 Å². The van der Waals surface area contributed by atoms with Crippen LogP contribution < -0.4 is 16.2 Å². The Balaban J connectivity index is 1.53. The van der Waals surface area contributed by atoms with Gasteiger partial charge < -0.3 is 15.4 Å². The molecule has 0 unspecified atom stereocenters. The van der Waals surface area contributed by atoms with Crippen LogP contribution in [0.5, 0.6) is 0 Å². The summed E-state index contributed by atoms with van der Waals surface area (Å²) < 4.78 is 6.51. The first-order chi connectivity index (χ1) is 12.7. The lowest BCUT2D eigenvalue weighted by atomic mass is 9.97. The highest BCUT2D eigenvalue weighted by atomic mass is 16.5. The summed E-state index contributed by atoms with van der Waals surface area (Å²) in [6, 6.07) is 10.4. The molecule has 2 aromatic rings. The van der Waals surface area contributed by atoms with Crippen LogP contribution in [0, 0.1) is 5.92 Å². The largest absolute Gasteiger partial charge is 0.460 e. The van der Waals surface area contributed by atoms with Crippen molar-refractivity contribution in [3.63, 3.8) is 0 Å². The van der Waals surface area contributed by atoms with Crippen LogP contribution in [0.15, 0.2) is 47.4 Å². The Kier molecular flexibility index (Phi) is 6.01. The van der Waals surface area contributed by atoms with E-state index in [0.717, 1.165) is 38.2 Å². The Morgan fingerprint density at radius 3 is 2.62 bits per heavy atom. The van der Waals surface area contributed by atoms with Crippen LogP contribution in [-0.2, 0) is 11.3 Å². The van der Waals surface area contributed by atoms with E-state index < -0.39 is 5.97 Å². The fourth-order valence-corrected chi connectivity index (χ4v) is 3.07. The average Bonchev–Trinajstić information content (AvgIpc) is 2.70. The van der Waals surface area contributed by atoms with E-state index >= 15 is 0 Å². The summed E-state index contributed by atoms with van der Waals surface area (Å²) in [5.74, 6) is 0.164. The van der Waals surface area contributed by atoms with Gasteiger partial charge in [-0.1, -0.05) is 18.2 Å². The molecule has 1 aliphatic rings. The van der Waals surface area contributed by atoms with Crippen molar-refractivity contribution in [3.05, 3.63) is 58.5 Å². The van der Waals surface area contributed by atoms with Crippen molar-refractivity contribution < 1.29 is 9.53 Å². The molecule has 1 fully saturated rings. The maximum atomic E-state index is 12.3. The summed E-state index contributed by atoms with van der Waals surface area (Å²) >= 11 is 0. The highest BCUT2D eigenvalue weighted by Gasteiger charge is 2.19. The number of hydrogen-bond donors (Lipinski definition) is 1. The van der Waals surface area contributed by atoms with Gasteiger partial charge >= 0.3 is 5.97 Å². The first-order valence-corrected chi connectivity index (χ1v) is 8.91. The summed E-state index contributed by atoms with van der Waals surface area (Å²) in [4.78, 5) is 26.3. The zero-order chi connectivity index (χ0) is 18.4. The van der Waals surface area contributed by atoms with Gasteiger partial charge in [0.05, 0.1) is 24.0 Å². The summed E-state index contributed by atoms with van der Waals surface area (Å²) in [7, 11) is 0. The van der Waals surface area contributed by atoms with Crippen molar-refractivity contribution in [2.45, 2.75) is 19.4 Å². The standard InChI is InChI=1S/C19H24N4O3/c20-13-15-6-8-22(9-7-15)17-12-18(24)23(21-14-17)10-11-26-19(25)16-4-2-1-3-5-16/h1-5,12,14-15H,6-11,13,20H2. The number of ether oxygens (including phenoxy) is 1. The minimum Gasteiger partial charge on any atom is -0.460 e. The molecule has 7 nitrogen and oxygen atoms in total. The lowest BCUT2D eigenvalue weighted by Crippen LogP contribution is -2.37. The van der Waals surface area contributed by atoms with E-state index in [1.807, 2.05) is 6.07 Å². The zero-order valence-corrected chi connectivity index (χ0v) is 14.7. The Morgan fingerprint density at radius 1 is 1.23 bits per heavy atom. The van der Waals surface area contributed by atoms with Gasteiger partial charge in [-0.3, -0.25) is 4.79 Å². The second-order valence-corrected chi connectivity index (χ2v) is 6.44. The fraction of sp³-hybridized carbons (Fsp3) is 0.421. The third kappa shape index (κ3) is 4.49. The Hall–Kier alpha value is -2.67. The highest BCUT2D eigenvalue weighted by Crippen LogP contribution is 2.20. The lowest BCUT2D eigenvalue weighted by Gasteiger charge is -2.32. The van der Waals surface area contributed by atoms with Gasteiger partial charge in [-0.2, -0.15) is 5.10 Å². The van der Waals surface area contributed by atoms with E-state index in [-0.39, 0.29) is 18.7 Å². The SMILES string of the molecule is NCC1CCN(c2cnn(CCOC(=O)c3ccccc3)c(=O)c2)CC1. The molecule has 26 heavy (non-hydrogen) atoms. The molecule has 2 heterocycles. The number of anilines is 1. The first kappa shape index (κ1) is 18.1. The van der Waals surface area contributed by atoms with E-state index in [9.17, 15) is 9.59 Å². The van der Waals surface area contributed by atoms with Gasteiger partial charge in [-0.05, 0) is 37.4 Å². The van der Waals surface area contributed by atoms with Crippen LogP contribution in [0.3, 0.4) is 0 Å². The van der Waals surface area contributed by atoms with E-state index in [1.54, 1.807) is 36.5 Å². The number of aromatic nitrogens is 2. The number of nitrogens with zero attached hydrogens (tertiary/aromatic N) is 3. The molecule has 0 radical (unpaired) electrons. The Bertz CT molecular complexity index is 783. The van der Waals surface area contributed by atoms with Crippen molar-refractivity contribution in [3.8, 4) is 0 Å². The number of esters is 1.